The summed E-state index contributed by atoms with van der Waals surface area (Å²) in [4.78, 5) is 22.8. The van der Waals surface area contributed by atoms with Gasteiger partial charge in [0.05, 0.1) is 7.11 Å². The van der Waals surface area contributed by atoms with E-state index in [1.165, 1.54) is 10.6 Å². The van der Waals surface area contributed by atoms with Crippen LogP contribution in [0.2, 0.25) is 0 Å². The lowest BCUT2D eigenvalue weighted by Gasteiger charge is -2.07. The molecular formula is C15H15NO4. The zero-order valence-electron chi connectivity index (χ0n) is 11.1. The minimum Gasteiger partial charge on any atom is -0.497 e. The van der Waals surface area contributed by atoms with E-state index in [0.717, 1.165) is 11.3 Å². The van der Waals surface area contributed by atoms with Gasteiger partial charge in [-0.1, -0.05) is 12.1 Å². The van der Waals surface area contributed by atoms with Crippen LogP contribution < -0.4 is 10.3 Å². The van der Waals surface area contributed by atoms with Crippen molar-refractivity contribution < 1.29 is 14.6 Å². The molecule has 0 fully saturated rings. The molecule has 0 unspecified atom stereocenters. The highest BCUT2D eigenvalue weighted by molar-refractivity contribution is 5.86. The fraction of sp³-hybridized carbons (Fsp3) is 0.200. The molecule has 0 aliphatic rings. The Morgan fingerprint density at radius 3 is 2.55 bits per heavy atom. The number of aryl methyl sites for hydroxylation is 2. The number of carboxylic acid groups (broad SMARTS) is 1. The molecule has 104 valence electrons. The van der Waals surface area contributed by atoms with Crippen molar-refractivity contribution in [2.45, 2.75) is 13.0 Å². The summed E-state index contributed by atoms with van der Waals surface area (Å²) in [5.41, 5.74) is 0.370. The van der Waals surface area contributed by atoms with Crippen LogP contribution in [0.4, 0.5) is 0 Å². The van der Waals surface area contributed by atoms with E-state index >= 15 is 0 Å². The molecule has 0 atom stereocenters. The number of hydrogen-bond acceptors (Lipinski definition) is 3. The molecule has 0 saturated carbocycles. The van der Waals surface area contributed by atoms with E-state index in [0.29, 0.717) is 13.0 Å². The average Bonchev–Trinajstić information content (AvgIpc) is 2.46. The highest BCUT2D eigenvalue weighted by Gasteiger charge is 2.09. The molecule has 1 heterocycles. The number of hydrogen-bond donors (Lipinski definition) is 1. The first-order valence-electron chi connectivity index (χ1n) is 6.17. The molecule has 1 N–H and O–H groups in total. The van der Waals surface area contributed by atoms with Gasteiger partial charge in [0, 0.05) is 12.7 Å². The highest BCUT2D eigenvalue weighted by atomic mass is 16.5. The van der Waals surface area contributed by atoms with Crippen LogP contribution in [-0.2, 0) is 13.0 Å². The first kappa shape index (κ1) is 13.9. The predicted molar refractivity (Wildman–Crippen MR) is 74.4 cm³/mol. The van der Waals surface area contributed by atoms with E-state index in [1.807, 2.05) is 24.3 Å². The van der Waals surface area contributed by atoms with Crippen LogP contribution in [0.5, 0.6) is 5.75 Å². The lowest BCUT2D eigenvalue weighted by molar-refractivity contribution is 0.0694. The van der Waals surface area contributed by atoms with Crippen LogP contribution in [0.15, 0.2) is 47.4 Å². The first-order chi connectivity index (χ1) is 9.61. The van der Waals surface area contributed by atoms with E-state index in [4.69, 9.17) is 9.84 Å². The van der Waals surface area contributed by atoms with Crippen molar-refractivity contribution in [3.05, 3.63) is 64.1 Å². The minimum atomic E-state index is -1.20. The summed E-state index contributed by atoms with van der Waals surface area (Å²) in [5, 5.41) is 8.91. The number of rotatable bonds is 5. The predicted octanol–water partition coefficient (Wildman–Crippen LogP) is 1.80. The number of carbonyl (C=O) groups is 1. The van der Waals surface area contributed by atoms with Gasteiger partial charge in [-0.25, -0.2) is 4.79 Å². The van der Waals surface area contributed by atoms with E-state index in [9.17, 15) is 9.59 Å². The van der Waals surface area contributed by atoms with Crippen LogP contribution in [-0.4, -0.2) is 22.8 Å². The number of nitrogens with zero attached hydrogens (tertiary/aromatic N) is 1. The molecule has 2 aromatic rings. The number of benzene rings is 1. The molecule has 0 radical (unpaired) electrons. The topological polar surface area (TPSA) is 68.5 Å². The molecule has 0 aliphatic heterocycles. The number of ether oxygens (including phenoxy) is 1. The third-order valence-corrected chi connectivity index (χ3v) is 3.05. The molecule has 2 rings (SSSR count). The molecule has 1 aromatic carbocycles. The third kappa shape index (κ3) is 3.06. The number of methoxy groups -OCH3 is 1. The minimum absolute atomic E-state index is 0.206. The van der Waals surface area contributed by atoms with Gasteiger partial charge in [0.15, 0.2) is 0 Å². The van der Waals surface area contributed by atoms with Crippen molar-refractivity contribution in [1.29, 1.82) is 0 Å². The second-order valence-electron chi connectivity index (χ2n) is 4.32. The lowest BCUT2D eigenvalue weighted by atomic mass is 10.1. The molecule has 0 amide bonds. The van der Waals surface area contributed by atoms with Crippen LogP contribution in [0.3, 0.4) is 0 Å². The molecule has 0 saturated heterocycles. The Kier molecular flexibility index (Phi) is 4.20. The maximum atomic E-state index is 11.9. The van der Waals surface area contributed by atoms with Gasteiger partial charge in [-0.05, 0) is 36.2 Å². The van der Waals surface area contributed by atoms with Crippen molar-refractivity contribution in [2.75, 3.05) is 7.11 Å². The molecule has 0 bridgehead atoms. The van der Waals surface area contributed by atoms with Gasteiger partial charge < -0.3 is 14.4 Å². The number of carboxylic acids is 1. The Hall–Kier alpha value is -2.56. The first-order valence-corrected chi connectivity index (χ1v) is 6.17. The van der Waals surface area contributed by atoms with Crippen LogP contribution >= 0.6 is 0 Å². The standard InChI is InChI=1S/C15H15NO4/c1-20-12-6-4-11(5-7-12)8-10-16-9-2-3-13(14(16)17)15(18)19/h2-7,9H,8,10H2,1H3,(H,18,19). The molecular weight excluding hydrogens is 258 g/mol. The zero-order valence-corrected chi connectivity index (χ0v) is 11.1. The largest absolute Gasteiger partial charge is 0.497 e. The van der Waals surface area contributed by atoms with Crippen molar-refractivity contribution in [3.8, 4) is 5.75 Å². The molecule has 5 nitrogen and oxygen atoms in total. The fourth-order valence-corrected chi connectivity index (χ4v) is 1.92. The Morgan fingerprint density at radius 2 is 1.95 bits per heavy atom. The fourth-order valence-electron chi connectivity index (χ4n) is 1.92. The summed E-state index contributed by atoms with van der Waals surface area (Å²) in [6.07, 6.45) is 2.24. The number of aromatic carboxylic acids is 1. The summed E-state index contributed by atoms with van der Waals surface area (Å²) < 4.78 is 6.48. The van der Waals surface area contributed by atoms with Gasteiger partial charge in [0.25, 0.3) is 5.56 Å². The lowest BCUT2D eigenvalue weighted by Crippen LogP contribution is -2.26. The summed E-state index contributed by atoms with van der Waals surface area (Å²) in [6.45, 7) is 0.437. The molecule has 5 heteroatoms. The van der Waals surface area contributed by atoms with Crippen LogP contribution in [0.25, 0.3) is 0 Å². The van der Waals surface area contributed by atoms with E-state index in [1.54, 1.807) is 19.4 Å². The van der Waals surface area contributed by atoms with Crippen molar-refractivity contribution in [1.82, 2.24) is 4.57 Å². The third-order valence-electron chi connectivity index (χ3n) is 3.05. The summed E-state index contributed by atoms with van der Waals surface area (Å²) >= 11 is 0. The van der Waals surface area contributed by atoms with Gasteiger partial charge in [-0.2, -0.15) is 0 Å². The van der Waals surface area contributed by atoms with E-state index < -0.39 is 11.5 Å². The summed E-state index contributed by atoms with van der Waals surface area (Å²) in [6, 6.07) is 10.4. The Labute approximate surface area is 116 Å². The van der Waals surface area contributed by atoms with E-state index in [2.05, 4.69) is 0 Å². The quantitative estimate of drug-likeness (QED) is 0.902. The van der Waals surface area contributed by atoms with Crippen LogP contribution in [0.1, 0.15) is 15.9 Å². The number of pyridine rings is 1. The van der Waals surface area contributed by atoms with Gasteiger partial charge in [0.2, 0.25) is 0 Å². The summed E-state index contributed by atoms with van der Waals surface area (Å²) in [7, 11) is 1.60. The molecule has 20 heavy (non-hydrogen) atoms. The van der Waals surface area contributed by atoms with Crippen molar-refractivity contribution >= 4 is 5.97 Å². The van der Waals surface area contributed by atoms with Crippen molar-refractivity contribution in [2.24, 2.45) is 0 Å². The second-order valence-corrected chi connectivity index (χ2v) is 4.32. The normalized spacial score (nSPS) is 10.2. The Balaban J connectivity index is 2.12. The van der Waals surface area contributed by atoms with Gasteiger partial charge in [-0.15, -0.1) is 0 Å². The maximum absolute atomic E-state index is 11.9. The smallest absolute Gasteiger partial charge is 0.341 e. The second kappa shape index (κ2) is 6.06. The zero-order chi connectivity index (χ0) is 14.5. The molecule has 0 spiro atoms. The maximum Gasteiger partial charge on any atom is 0.341 e. The monoisotopic (exact) mass is 273 g/mol. The molecule has 1 aromatic heterocycles. The number of aromatic nitrogens is 1. The van der Waals surface area contributed by atoms with Gasteiger partial charge in [0.1, 0.15) is 11.3 Å². The highest BCUT2D eigenvalue weighted by Crippen LogP contribution is 2.11. The van der Waals surface area contributed by atoms with Crippen LogP contribution in [0, 0.1) is 0 Å². The van der Waals surface area contributed by atoms with Gasteiger partial charge >= 0.3 is 5.97 Å². The average molecular weight is 273 g/mol. The van der Waals surface area contributed by atoms with Crippen molar-refractivity contribution in [3.63, 3.8) is 0 Å². The Morgan fingerprint density at radius 1 is 1.25 bits per heavy atom. The van der Waals surface area contributed by atoms with Gasteiger partial charge in [-0.3, -0.25) is 4.79 Å². The SMILES string of the molecule is COc1ccc(CCn2cccc(C(=O)O)c2=O)cc1. The van der Waals surface area contributed by atoms with E-state index in [-0.39, 0.29) is 5.56 Å². The molecule has 0 aliphatic carbocycles. The summed E-state index contributed by atoms with van der Waals surface area (Å²) in [5.74, 6) is -0.424. The Bertz CT molecular complexity index is 658.